The van der Waals surface area contributed by atoms with Crippen molar-refractivity contribution >= 4 is 5.97 Å². The summed E-state index contributed by atoms with van der Waals surface area (Å²) in [6.45, 7) is -0.0532. The number of carbonyl (C=O) groups is 1. The van der Waals surface area contributed by atoms with E-state index in [0.29, 0.717) is 11.2 Å². The Morgan fingerprint density at radius 3 is 2.19 bits per heavy atom. The van der Waals surface area contributed by atoms with Crippen molar-refractivity contribution in [1.82, 2.24) is 0 Å². The second kappa shape index (κ2) is 8.03. The Bertz CT molecular complexity index is 740. The van der Waals surface area contributed by atoms with Crippen LogP contribution in [0.25, 0.3) is 0 Å². The van der Waals surface area contributed by atoms with E-state index in [-0.39, 0.29) is 18.7 Å². The van der Waals surface area contributed by atoms with Crippen LogP contribution in [0, 0.1) is 5.41 Å². The van der Waals surface area contributed by atoms with Crippen molar-refractivity contribution in [2.24, 2.45) is 5.41 Å². The van der Waals surface area contributed by atoms with E-state index in [2.05, 4.69) is 0 Å². The highest BCUT2D eigenvalue weighted by Crippen LogP contribution is 2.52. The molecule has 2 aromatic carbocycles. The van der Waals surface area contributed by atoms with Gasteiger partial charge in [0.25, 0.3) is 0 Å². The first-order chi connectivity index (χ1) is 13.2. The zero-order valence-electron chi connectivity index (χ0n) is 15.6. The lowest BCUT2D eigenvalue weighted by Crippen LogP contribution is -2.45. The minimum Gasteiger partial charge on any atom is -0.482 e. The van der Waals surface area contributed by atoms with Gasteiger partial charge in [0.2, 0.25) is 0 Å². The van der Waals surface area contributed by atoms with Gasteiger partial charge in [-0.2, -0.15) is 0 Å². The molecule has 27 heavy (non-hydrogen) atoms. The van der Waals surface area contributed by atoms with Gasteiger partial charge in [0.15, 0.2) is 6.61 Å². The topological polar surface area (TPSA) is 44.8 Å². The molecule has 4 nitrogen and oxygen atoms in total. The number of hydrogen-bond acceptors (Lipinski definition) is 4. The summed E-state index contributed by atoms with van der Waals surface area (Å²) in [6.07, 6.45) is 8.76. The van der Waals surface area contributed by atoms with Crippen molar-refractivity contribution in [2.75, 3.05) is 6.61 Å². The van der Waals surface area contributed by atoms with Gasteiger partial charge in [-0.1, -0.05) is 37.5 Å². The molecule has 0 heterocycles. The normalized spacial score (nSPS) is 18.5. The van der Waals surface area contributed by atoms with Crippen LogP contribution in [0.4, 0.5) is 0 Å². The van der Waals surface area contributed by atoms with E-state index in [9.17, 15) is 4.79 Å². The molecule has 2 saturated carbocycles. The summed E-state index contributed by atoms with van der Waals surface area (Å²) in [4.78, 5) is 12.0. The van der Waals surface area contributed by atoms with E-state index in [1.807, 2.05) is 42.5 Å². The summed E-state index contributed by atoms with van der Waals surface area (Å²) < 4.78 is 16.8. The van der Waals surface area contributed by atoms with E-state index in [0.717, 1.165) is 24.3 Å². The zero-order chi connectivity index (χ0) is 18.5. The van der Waals surface area contributed by atoms with Crippen LogP contribution in [-0.4, -0.2) is 18.7 Å². The molecule has 4 heteroatoms. The maximum atomic E-state index is 12.0. The Morgan fingerprint density at radius 1 is 0.852 bits per heavy atom. The highest BCUT2D eigenvalue weighted by Gasteiger charge is 2.46. The average Bonchev–Trinajstić information content (AvgIpc) is 2.68. The third-order valence-corrected chi connectivity index (χ3v) is 5.69. The maximum Gasteiger partial charge on any atom is 0.344 e. The van der Waals surface area contributed by atoms with Gasteiger partial charge in [0.1, 0.15) is 23.4 Å². The number of esters is 1. The monoisotopic (exact) mass is 366 g/mol. The fourth-order valence-electron chi connectivity index (χ4n) is 4.29. The molecule has 0 N–H and O–H groups in total. The predicted octanol–water partition coefficient (Wildman–Crippen LogP) is 5.51. The molecule has 0 amide bonds. The van der Waals surface area contributed by atoms with E-state index < -0.39 is 0 Å². The van der Waals surface area contributed by atoms with Crippen molar-refractivity contribution in [2.45, 2.75) is 51.0 Å². The van der Waals surface area contributed by atoms with Gasteiger partial charge >= 0.3 is 5.97 Å². The summed E-state index contributed by atoms with van der Waals surface area (Å²) in [5, 5.41) is 0. The molecule has 0 radical (unpaired) electrons. The van der Waals surface area contributed by atoms with Gasteiger partial charge in [-0.25, -0.2) is 4.79 Å². The lowest BCUT2D eigenvalue weighted by Gasteiger charge is -2.49. The molecule has 0 unspecified atom stereocenters. The fourth-order valence-corrected chi connectivity index (χ4v) is 4.29. The molecular weight excluding hydrogens is 340 g/mol. The van der Waals surface area contributed by atoms with Crippen LogP contribution in [0.5, 0.6) is 17.2 Å². The van der Waals surface area contributed by atoms with Gasteiger partial charge in [0, 0.05) is 0 Å². The molecule has 0 aromatic heterocycles. The van der Waals surface area contributed by atoms with Crippen LogP contribution in [-0.2, 0) is 9.53 Å². The number of benzene rings is 2. The molecule has 0 aliphatic heterocycles. The van der Waals surface area contributed by atoms with Crippen LogP contribution < -0.4 is 9.47 Å². The molecule has 4 rings (SSSR count). The van der Waals surface area contributed by atoms with E-state index in [1.165, 1.54) is 32.1 Å². The number of hydrogen-bond donors (Lipinski definition) is 0. The summed E-state index contributed by atoms with van der Waals surface area (Å²) in [5.74, 6) is 1.86. The molecule has 2 aromatic rings. The zero-order valence-corrected chi connectivity index (χ0v) is 15.6. The van der Waals surface area contributed by atoms with Crippen molar-refractivity contribution in [1.29, 1.82) is 0 Å². The van der Waals surface area contributed by atoms with Crippen LogP contribution in [0.2, 0.25) is 0 Å². The number of carbonyl (C=O) groups excluding carboxylic acids is 1. The summed E-state index contributed by atoms with van der Waals surface area (Å²) >= 11 is 0. The standard InChI is InChI=1S/C23H26O4/c24-22(27-21-15-23(16-21)13-5-2-6-14-23)17-25-18-9-11-20(12-10-18)26-19-7-3-1-4-8-19/h1,3-4,7-12,21H,2,5-6,13-17H2. The first-order valence-electron chi connectivity index (χ1n) is 9.86. The molecule has 0 atom stereocenters. The highest BCUT2D eigenvalue weighted by atomic mass is 16.6. The number of ether oxygens (including phenoxy) is 3. The minimum atomic E-state index is -0.282. The second-order valence-corrected chi connectivity index (χ2v) is 7.76. The second-order valence-electron chi connectivity index (χ2n) is 7.76. The van der Waals surface area contributed by atoms with Gasteiger partial charge in [-0.3, -0.25) is 0 Å². The van der Waals surface area contributed by atoms with Crippen LogP contribution in [0.15, 0.2) is 54.6 Å². The van der Waals surface area contributed by atoms with Gasteiger partial charge < -0.3 is 14.2 Å². The highest BCUT2D eigenvalue weighted by molar-refractivity contribution is 5.71. The molecule has 2 aliphatic carbocycles. The maximum absolute atomic E-state index is 12.0. The van der Waals surface area contributed by atoms with E-state index >= 15 is 0 Å². The Labute approximate surface area is 160 Å². The fraction of sp³-hybridized carbons (Fsp3) is 0.435. The summed E-state index contributed by atoms with van der Waals surface area (Å²) in [7, 11) is 0. The van der Waals surface area contributed by atoms with Gasteiger partial charge in [-0.05, 0) is 67.5 Å². The van der Waals surface area contributed by atoms with Gasteiger partial charge in [0.05, 0.1) is 0 Å². The van der Waals surface area contributed by atoms with E-state index in [1.54, 1.807) is 12.1 Å². The molecule has 2 aliphatic rings. The quantitative estimate of drug-likeness (QED) is 0.632. The first kappa shape index (κ1) is 17.9. The molecule has 2 fully saturated rings. The Morgan fingerprint density at radius 2 is 1.48 bits per heavy atom. The lowest BCUT2D eigenvalue weighted by molar-refractivity contribution is -0.165. The van der Waals surface area contributed by atoms with Crippen LogP contribution in [0.3, 0.4) is 0 Å². The van der Waals surface area contributed by atoms with E-state index in [4.69, 9.17) is 14.2 Å². The summed E-state index contributed by atoms with van der Waals surface area (Å²) in [5.41, 5.74) is 0.471. The van der Waals surface area contributed by atoms with Crippen LogP contribution >= 0.6 is 0 Å². The van der Waals surface area contributed by atoms with Crippen molar-refractivity contribution in [3.63, 3.8) is 0 Å². The third-order valence-electron chi connectivity index (χ3n) is 5.69. The van der Waals surface area contributed by atoms with Crippen molar-refractivity contribution in [3.8, 4) is 17.2 Å². The molecule has 0 bridgehead atoms. The van der Waals surface area contributed by atoms with Crippen LogP contribution in [0.1, 0.15) is 44.9 Å². The minimum absolute atomic E-state index is 0.0532. The largest absolute Gasteiger partial charge is 0.482 e. The Kier molecular flexibility index (Phi) is 5.33. The van der Waals surface area contributed by atoms with Crippen molar-refractivity contribution in [3.05, 3.63) is 54.6 Å². The summed E-state index contributed by atoms with van der Waals surface area (Å²) in [6, 6.07) is 16.8. The number of rotatable bonds is 6. The number of para-hydroxylation sites is 1. The predicted molar refractivity (Wildman–Crippen MR) is 103 cm³/mol. The average molecular weight is 366 g/mol. The third kappa shape index (κ3) is 4.62. The first-order valence-corrected chi connectivity index (χ1v) is 9.86. The Hall–Kier alpha value is -2.49. The smallest absolute Gasteiger partial charge is 0.344 e. The molecule has 0 saturated heterocycles. The lowest BCUT2D eigenvalue weighted by atomic mass is 9.59. The van der Waals surface area contributed by atoms with Gasteiger partial charge in [-0.15, -0.1) is 0 Å². The molecule has 142 valence electrons. The van der Waals surface area contributed by atoms with Crippen molar-refractivity contribution < 1.29 is 19.0 Å². The Balaban J connectivity index is 1.19. The molecular formula is C23H26O4. The molecule has 1 spiro atoms. The SMILES string of the molecule is O=C(COc1ccc(Oc2ccccc2)cc1)OC1CC2(CCCCC2)C1.